The van der Waals surface area contributed by atoms with Crippen molar-refractivity contribution in [2.75, 3.05) is 5.32 Å². The van der Waals surface area contributed by atoms with Gasteiger partial charge in [-0.1, -0.05) is 24.3 Å². The second-order valence-corrected chi connectivity index (χ2v) is 3.77. The summed E-state index contributed by atoms with van der Waals surface area (Å²) in [5.41, 5.74) is 1.74. The average molecular weight is 243 g/mol. The molecule has 0 atom stereocenters. The van der Waals surface area contributed by atoms with E-state index in [0.29, 0.717) is 12.5 Å². The van der Waals surface area contributed by atoms with Gasteiger partial charge in [0.2, 0.25) is 5.95 Å². The lowest BCUT2D eigenvalue weighted by Gasteiger charge is -2.08. The molecule has 1 aromatic carbocycles. The van der Waals surface area contributed by atoms with Crippen molar-refractivity contribution < 1.29 is 9.90 Å². The fourth-order valence-corrected chi connectivity index (χ4v) is 1.63. The standard InChI is InChI=1S/C13H13N3O2/c17-12(18)8-10-4-1-2-5-11(10)9-16-13-14-6-3-7-15-13/h1-7H,8-9H2,(H,17,18)(H,14,15,16). The van der Waals surface area contributed by atoms with Crippen LogP contribution in [0.15, 0.2) is 42.7 Å². The SMILES string of the molecule is O=C(O)Cc1ccccc1CNc1ncccn1. The molecule has 2 N–H and O–H groups in total. The third-order valence-corrected chi connectivity index (χ3v) is 2.46. The molecule has 0 aliphatic heterocycles. The molecular formula is C13H13N3O2. The molecule has 0 saturated heterocycles. The summed E-state index contributed by atoms with van der Waals surface area (Å²) in [6.07, 6.45) is 3.32. The highest BCUT2D eigenvalue weighted by atomic mass is 16.4. The minimum Gasteiger partial charge on any atom is -0.481 e. The largest absolute Gasteiger partial charge is 0.481 e. The van der Waals surface area contributed by atoms with Gasteiger partial charge in [-0.05, 0) is 17.2 Å². The van der Waals surface area contributed by atoms with Crippen LogP contribution in [0.2, 0.25) is 0 Å². The van der Waals surface area contributed by atoms with Gasteiger partial charge in [-0.3, -0.25) is 4.79 Å². The Bertz CT molecular complexity index is 529. The molecule has 0 amide bonds. The summed E-state index contributed by atoms with van der Waals surface area (Å²) < 4.78 is 0. The highest BCUT2D eigenvalue weighted by Gasteiger charge is 2.06. The van der Waals surface area contributed by atoms with Gasteiger partial charge in [-0.25, -0.2) is 9.97 Å². The molecule has 0 aliphatic carbocycles. The highest BCUT2D eigenvalue weighted by Crippen LogP contribution is 2.11. The smallest absolute Gasteiger partial charge is 0.307 e. The van der Waals surface area contributed by atoms with Crippen molar-refractivity contribution in [1.82, 2.24) is 9.97 Å². The summed E-state index contributed by atoms with van der Waals surface area (Å²) >= 11 is 0. The van der Waals surface area contributed by atoms with Gasteiger partial charge in [-0.15, -0.1) is 0 Å². The Labute approximate surface area is 105 Å². The Morgan fingerprint density at radius 3 is 2.44 bits per heavy atom. The second-order valence-electron chi connectivity index (χ2n) is 3.77. The van der Waals surface area contributed by atoms with Crippen LogP contribution < -0.4 is 5.32 Å². The first-order chi connectivity index (χ1) is 8.75. The van der Waals surface area contributed by atoms with E-state index in [0.717, 1.165) is 11.1 Å². The predicted octanol–water partition coefficient (Wildman–Crippen LogP) is 1.72. The second kappa shape index (κ2) is 5.77. The molecule has 5 heteroatoms. The van der Waals surface area contributed by atoms with Gasteiger partial charge in [0, 0.05) is 18.9 Å². The predicted molar refractivity (Wildman–Crippen MR) is 67.1 cm³/mol. The summed E-state index contributed by atoms with van der Waals surface area (Å²) in [6.45, 7) is 0.507. The molecule has 2 rings (SSSR count). The molecule has 0 aliphatic rings. The van der Waals surface area contributed by atoms with Gasteiger partial charge in [0.25, 0.3) is 0 Å². The zero-order valence-corrected chi connectivity index (χ0v) is 9.71. The van der Waals surface area contributed by atoms with Crippen LogP contribution >= 0.6 is 0 Å². The third kappa shape index (κ3) is 3.28. The Kier molecular flexibility index (Phi) is 3.86. The monoisotopic (exact) mass is 243 g/mol. The molecule has 1 aromatic heterocycles. The lowest BCUT2D eigenvalue weighted by Crippen LogP contribution is -2.08. The van der Waals surface area contributed by atoms with Crippen LogP contribution in [0.5, 0.6) is 0 Å². The molecule has 2 aromatic rings. The number of aliphatic carboxylic acids is 1. The maximum absolute atomic E-state index is 10.8. The van der Waals surface area contributed by atoms with Crippen molar-refractivity contribution in [1.29, 1.82) is 0 Å². The molecular weight excluding hydrogens is 230 g/mol. The zero-order valence-electron chi connectivity index (χ0n) is 9.71. The van der Waals surface area contributed by atoms with Crippen LogP contribution in [0, 0.1) is 0 Å². The lowest BCUT2D eigenvalue weighted by atomic mass is 10.0. The van der Waals surface area contributed by atoms with E-state index in [1.54, 1.807) is 18.5 Å². The van der Waals surface area contributed by atoms with Crippen molar-refractivity contribution in [3.63, 3.8) is 0 Å². The first-order valence-corrected chi connectivity index (χ1v) is 5.55. The van der Waals surface area contributed by atoms with Crippen molar-refractivity contribution in [2.45, 2.75) is 13.0 Å². The molecule has 5 nitrogen and oxygen atoms in total. The Balaban J connectivity index is 2.07. The lowest BCUT2D eigenvalue weighted by molar-refractivity contribution is -0.136. The number of hydrogen-bond donors (Lipinski definition) is 2. The molecule has 18 heavy (non-hydrogen) atoms. The Morgan fingerprint density at radius 1 is 1.11 bits per heavy atom. The summed E-state index contributed by atoms with van der Waals surface area (Å²) in [6, 6.07) is 9.17. The molecule has 1 heterocycles. The first-order valence-electron chi connectivity index (χ1n) is 5.55. The van der Waals surface area contributed by atoms with E-state index in [1.807, 2.05) is 24.3 Å². The number of anilines is 1. The molecule has 0 spiro atoms. The maximum atomic E-state index is 10.8. The quantitative estimate of drug-likeness (QED) is 0.836. The van der Waals surface area contributed by atoms with Crippen LogP contribution in [0.4, 0.5) is 5.95 Å². The van der Waals surface area contributed by atoms with Gasteiger partial charge >= 0.3 is 5.97 Å². The van der Waals surface area contributed by atoms with Gasteiger partial charge in [0.15, 0.2) is 0 Å². The average Bonchev–Trinajstić information content (AvgIpc) is 2.38. The number of rotatable bonds is 5. The number of aromatic nitrogens is 2. The molecule has 0 fully saturated rings. The van der Waals surface area contributed by atoms with Gasteiger partial charge in [0.05, 0.1) is 6.42 Å². The number of carbonyl (C=O) groups is 1. The minimum absolute atomic E-state index is 0.0213. The molecule has 0 unspecified atom stereocenters. The van der Waals surface area contributed by atoms with Crippen LogP contribution in [-0.2, 0) is 17.8 Å². The van der Waals surface area contributed by atoms with E-state index in [-0.39, 0.29) is 6.42 Å². The number of nitrogens with zero attached hydrogens (tertiary/aromatic N) is 2. The molecule has 92 valence electrons. The summed E-state index contributed by atoms with van der Waals surface area (Å²) in [5, 5.41) is 11.9. The van der Waals surface area contributed by atoms with Gasteiger partial charge in [0.1, 0.15) is 0 Å². The number of nitrogens with one attached hydrogen (secondary N) is 1. The van der Waals surface area contributed by atoms with E-state index in [2.05, 4.69) is 15.3 Å². The number of carboxylic acids is 1. The summed E-state index contributed by atoms with van der Waals surface area (Å²) in [4.78, 5) is 18.8. The van der Waals surface area contributed by atoms with E-state index in [9.17, 15) is 4.79 Å². The van der Waals surface area contributed by atoms with Crippen molar-refractivity contribution in [3.8, 4) is 0 Å². The van der Waals surface area contributed by atoms with Crippen molar-refractivity contribution >= 4 is 11.9 Å². The number of benzene rings is 1. The van der Waals surface area contributed by atoms with Gasteiger partial charge in [-0.2, -0.15) is 0 Å². The van der Waals surface area contributed by atoms with E-state index in [1.165, 1.54) is 0 Å². The summed E-state index contributed by atoms with van der Waals surface area (Å²) in [7, 11) is 0. The minimum atomic E-state index is -0.835. The third-order valence-electron chi connectivity index (χ3n) is 2.46. The van der Waals surface area contributed by atoms with Crippen LogP contribution in [0.3, 0.4) is 0 Å². The molecule has 0 saturated carbocycles. The van der Waals surface area contributed by atoms with E-state index in [4.69, 9.17) is 5.11 Å². The fourth-order valence-electron chi connectivity index (χ4n) is 1.63. The first kappa shape index (κ1) is 12.0. The number of hydrogen-bond acceptors (Lipinski definition) is 4. The normalized spacial score (nSPS) is 10.0. The van der Waals surface area contributed by atoms with Crippen molar-refractivity contribution in [2.24, 2.45) is 0 Å². The summed E-state index contributed by atoms with van der Waals surface area (Å²) in [5.74, 6) is -0.305. The maximum Gasteiger partial charge on any atom is 0.307 e. The van der Waals surface area contributed by atoms with Crippen LogP contribution in [-0.4, -0.2) is 21.0 Å². The van der Waals surface area contributed by atoms with E-state index >= 15 is 0 Å². The van der Waals surface area contributed by atoms with Gasteiger partial charge < -0.3 is 10.4 Å². The molecule has 0 radical (unpaired) electrons. The fraction of sp³-hybridized carbons (Fsp3) is 0.154. The zero-order chi connectivity index (χ0) is 12.8. The van der Waals surface area contributed by atoms with E-state index < -0.39 is 5.97 Å². The Hall–Kier alpha value is -2.43. The number of carboxylic acid groups (broad SMARTS) is 1. The molecule has 0 bridgehead atoms. The topological polar surface area (TPSA) is 75.1 Å². The van der Waals surface area contributed by atoms with Crippen LogP contribution in [0.1, 0.15) is 11.1 Å². The highest BCUT2D eigenvalue weighted by molar-refractivity contribution is 5.70. The van der Waals surface area contributed by atoms with Crippen LogP contribution in [0.25, 0.3) is 0 Å². The van der Waals surface area contributed by atoms with Crippen molar-refractivity contribution in [3.05, 3.63) is 53.9 Å². The Morgan fingerprint density at radius 2 is 1.78 bits per heavy atom.